The highest BCUT2D eigenvalue weighted by Crippen LogP contribution is 2.16. The van der Waals surface area contributed by atoms with Crippen LogP contribution in [0.3, 0.4) is 0 Å². The van der Waals surface area contributed by atoms with Crippen LogP contribution in [0.2, 0.25) is 0 Å². The van der Waals surface area contributed by atoms with Crippen LogP contribution in [0.5, 0.6) is 5.75 Å². The number of pyridine rings is 1. The molecule has 1 fully saturated rings. The molecule has 1 atom stereocenters. The standard InChI is InChI=1S/C16H27N3O/c1-4-8-19(11-14-6-5-7-17-14)12-15-10-16(20-3)9-13(2)18-15/h9-10,14,17H,4-8,11-12H2,1-3H3. The molecular weight excluding hydrogens is 250 g/mol. The first-order valence-corrected chi connectivity index (χ1v) is 7.68. The van der Waals surface area contributed by atoms with Gasteiger partial charge in [-0.15, -0.1) is 0 Å². The topological polar surface area (TPSA) is 37.4 Å². The first-order valence-electron chi connectivity index (χ1n) is 7.68. The van der Waals surface area contributed by atoms with Crippen LogP contribution in [-0.4, -0.2) is 42.7 Å². The Hall–Kier alpha value is -1.13. The molecule has 0 aliphatic carbocycles. The molecule has 4 nitrogen and oxygen atoms in total. The molecule has 0 aromatic carbocycles. The quantitative estimate of drug-likeness (QED) is 0.830. The van der Waals surface area contributed by atoms with Gasteiger partial charge in [-0.1, -0.05) is 6.92 Å². The second-order valence-electron chi connectivity index (χ2n) is 5.67. The fourth-order valence-corrected chi connectivity index (χ4v) is 2.91. The van der Waals surface area contributed by atoms with Crippen LogP contribution in [0, 0.1) is 6.92 Å². The Morgan fingerprint density at radius 2 is 2.30 bits per heavy atom. The van der Waals surface area contributed by atoms with Gasteiger partial charge < -0.3 is 10.1 Å². The average Bonchev–Trinajstić information content (AvgIpc) is 2.91. The van der Waals surface area contributed by atoms with Crippen LogP contribution >= 0.6 is 0 Å². The van der Waals surface area contributed by atoms with Gasteiger partial charge >= 0.3 is 0 Å². The molecule has 1 aliphatic rings. The Bertz CT molecular complexity index is 416. The van der Waals surface area contributed by atoms with Gasteiger partial charge in [-0.3, -0.25) is 9.88 Å². The molecule has 1 N–H and O–H groups in total. The summed E-state index contributed by atoms with van der Waals surface area (Å²) < 4.78 is 5.34. The Balaban J connectivity index is 2.00. The van der Waals surface area contributed by atoms with Gasteiger partial charge in [0.25, 0.3) is 0 Å². The highest BCUT2D eigenvalue weighted by atomic mass is 16.5. The smallest absolute Gasteiger partial charge is 0.122 e. The van der Waals surface area contributed by atoms with Crippen molar-refractivity contribution in [3.05, 3.63) is 23.5 Å². The summed E-state index contributed by atoms with van der Waals surface area (Å²) in [7, 11) is 1.71. The van der Waals surface area contributed by atoms with Crippen LogP contribution in [0.15, 0.2) is 12.1 Å². The van der Waals surface area contributed by atoms with Crippen molar-refractivity contribution in [3.8, 4) is 5.75 Å². The molecule has 1 unspecified atom stereocenters. The van der Waals surface area contributed by atoms with Gasteiger partial charge in [-0.2, -0.15) is 0 Å². The second kappa shape index (κ2) is 7.60. The molecule has 1 aromatic rings. The molecule has 1 aromatic heterocycles. The lowest BCUT2D eigenvalue weighted by molar-refractivity contribution is 0.238. The number of methoxy groups -OCH3 is 1. The molecule has 1 aliphatic heterocycles. The van der Waals surface area contributed by atoms with Gasteiger partial charge in [0.15, 0.2) is 0 Å². The fraction of sp³-hybridized carbons (Fsp3) is 0.688. The van der Waals surface area contributed by atoms with E-state index in [9.17, 15) is 0 Å². The summed E-state index contributed by atoms with van der Waals surface area (Å²) >= 11 is 0. The van der Waals surface area contributed by atoms with Gasteiger partial charge in [0.2, 0.25) is 0 Å². The molecule has 0 amide bonds. The highest BCUT2D eigenvalue weighted by molar-refractivity contribution is 5.26. The SMILES string of the molecule is CCCN(Cc1cc(OC)cc(C)n1)CC1CCCN1. The zero-order valence-electron chi connectivity index (χ0n) is 13.0. The predicted molar refractivity (Wildman–Crippen MR) is 82.1 cm³/mol. The molecule has 0 spiro atoms. The zero-order chi connectivity index (χ0) is 14.4. The summed E-state index contributed by atoms with van der Waals surface area (Å²) in [5.41, 5.74) is 2.13. The normalized spacial score (nSPS) is 18.7. The maximum Gasteiger partial charge on any atom is 0.122 e. The lowest BCUT2D eigenvalue weighted by atomic mass is 10.2. The molecule has 20 heavy (non-hydrogen) atoms. The molecule has 0 bridgehead atoms. The van der Waals surface area contributed by atoms with Crippen LogP contribution in [0.4, 0.5) is 0 Å². The third-order valence-corrected chi connectivity index (χ3v) is 3.78. The third kappa shape index (κ3) is 4.46. The fourth-order valence-electron chi connectivity index (χ4n) is 2.91. The van der Waals surface area contributed by atoms with Crippen molar-refractivity contribution in [2.75, 3.05) is 26.7 Å². The van der Waals surface area contributed by atoms with E-state index in [0.29, 0.717) is 6.04 Å². The molecule has 0 saturated carbocycles. The van der Waals surface area contributed by atoms with Crippen molar-refractivity contribution < 1.29 is 4.74 Å². The average molecular weight is 277 g/mol. The minimum Gasteiger partial charge on any atom is -0.497 e. The van der Waals surface area contributed by atoms with Crippen molar-refractivity contribution in [2.24, 2.45) is 0 Å². The van der Waals surface area contributed by atoms with Gasteiger partial charge in [0.1, 0.15) is 5.75 Å². The Kier molecular flexibility index (Phi) is 5.80. The van der Waals surface area contributed by atoms with Gasteiger partial charge in [-0.05, 0) is 39.3 Å². The second-order valence-corrected chi connectivity index (χ2v) is 5.67. The summed E-state index contributed by atoms with van der Waals surface area (Å²) in [6.07, 6.45) is 3.78. The molecule has 0 radical (unpaired) electrons. The van der Waals surface area contributed by atoms with E-state index in [2.05, 4.69) is 28.2 Å². The maximum absolute atomic E-state index is 5.34. The molecule has 1 saturated heterocycles. The van der Waals surface area contributed by atoms with E-state index in [1.807, 2.05) is 13.0 Å². The third-order valence-electron chi connectivity index (χ3n) is 3.78. The van der Waals surface area contributed by atoms with Crippen LogP contribution < -0.4 is 10.1 Å². The summed E-state index contributed by atoms with van der Waals surface area (Å²) in [6.45, 7) is 8.57. The van der Waals surface area contributed by atoms with Crippen molar-refractivity contribution in [3.63, 3.8) is 0 Å². The van der Waals surface area contributed by atoms with E-state index in [4.69, 9.17) is 4.74 Å². The molecule has 4 heteroatoms. The molecule has 112 valence electrons. The number of nitrogens with one attached hydrogen (secondary N) is 1. The molecular formula is C16H27N3O. The number of ether oxygens (including phenoxy) is 1. The lowest BCUT2D eigenvalue weighted by Crippen LogP contribution is -2.37. The van der Waals surface area contributed by atoms with Crippen molar-refractivity contribution in [2.45, 2.75) is 45.7 Å². The number of hydrogen-bond acceptors (Lipinski definition) is 4. The number of rotatable bonds is 7. The number of aryl methyl sites for hydroxylation is 1. The minimum atomic E-state index is 0.647. The van der Waals surface area contributed by atoms with Crippen molar-refractivity contribution in [1.82, 2.24) is 15.2 Å². The summed E-state index contributed by atoms with van der Waals surface area (Å²) in [5.74, 6) is 0.905. The highest BCUT2D eigenvalue weighted by Gasteiger charge is 2.18. The lowest BCUT2D eigenvalue weighted by Gasteiger charge is -2.25. The van der Waals surface area contributed by atoms with Crippen molar-refractivity contribution in [1.29, 1.82) is 0 Å². The van der Waals surface area contributed by atoms with Crippen LogP contribution in [0.25, 0.3) is 0 Å². The van der Waals surface area contributed by atoms with E-state index < -0.39 is 0 Å². The number of aromatic nitrogens is 1. The molecule has 2 rings (SSSR count). The van der Waals surface area contributed by atoms with Gasteiger partial charge in [-0.25, -0.2) is 0 Å². The van der Waals surface area contributed by atoms with Crippen LogP contribution in [0.1, 0.15) is 37.6 Å². The Morgan fingerprint density at radius 1 is 1.45 bits per heavy atom. The minimum absolute atomic E-state index is 0.647. The predicted octanol–water partition coefficient (Wildman–Crippen LogP) is 2.36. The molecule has 2 heterocycles. The maximum atomic E-state index is 5.34. The van der Waals surface area contributed by atoms with E-state index in [1.54, 1.807) is 7.11 Å². The monoisotopic (exact) mass is 277 g/mol. The van der Waals surface area contributed by atoms with E-state index in [0.717, 1.165) is 36.8 Å². The largest absolute Gasteiger partial charge is 0.497 e. The van der Waals surface area contributed by atoms with Gasteiger partial charge in [0, 0.05) is 37.0 Å². The first kappa shape index (κ1) is 15.3. The summed E-state index contributed by atoms with van der Waals surface area (Å²) in [5, 5.41) is 3.58. The summed E-state index contributed by atoms with van der Waals surface area (Å²) in [4.78, 5) is 7.14. The van der Waals surface area contributed by atoms with Crippen LogP contribution in [-0.2, 0) is 6.54 Å². The van der Waals surface area contributed by atoms with E-state index in [-0.39, 0.29) is 0 Å². The van der Waals surface area contributed by atoms with Crippen molar-refractivity contribution >= 4 is 0 Å². The number of nitrogens with zero attached hydrogens (tertiary/aromatic N) is 2. The Morgan fingerprint density at radius 3 is 2.95 bits per heavy atom. The number of hydrogen-bond donors (Lipinski definition) is 1. The Labute approximate surface area is 122 Å². The summed E-state index contributed by atoms with van der Waals surface area (Å²) in [6, 6.07) is 4.68. The van der Waals surface area contributed by atoms with Gasteiger partial charge in [0.05, 0.1) is 12.8 Å². The van der Waals surface area contributed by atoms with E-state index in [1.165, 1.54) is 25.8 Å². The zero-order valence-corrected chi connectivity index (χ0v) is 13.0. The van der Waals surface area contributed by atoms with E-state index >= 15 is 0 Å². The first-order chi connectivity index (χ1) is 9.71.